The molecule has 242 valence electrons. The highest BCUT2D eigenvalue weighted by atomic mass is 28.4. The third-order valence-corrected chi connectivity index (χ3v) is 13.4. The zero-order valence-electron chi connectivity index (χ0n) is 27.0. The highest BCUT2D eigenvalue weighted by Crippen LogP contribution is 2.38. The Bertz CT molecular complexity index is 1460. The minimum absolute atomic E-state index is 0.113. The van der Waals surface area contributed by atoms with Gasteiger partial charge >= 0.3 is 5.97 Å². The highest BCUT2D eigenvalue weighted by molar-refractivity contribution is 6.99. The molecule has 1 heterocycles. The van der Waals surface area contributed by atoms with Crippen LogP contribution in [-0.2, 0) is 41.4 Å². The lowest BCUT2D eigenvalue weighted by Crippen LogP contribution is -2.68. The predicted octanol–water partition coefficient (Wildman–Crippen LogP) is 5.38. The van der Waals surface area contributed by atoms with Crippen LogP contribution >= 0.6 is 0 Å². The summed E-state index contributed by atoms with van der Waals surface area (Å²) in [7, 11) is -2.95. The van der Waals surface area contributed by atoms with Gasteiger partial charge in [-0.2, -0.15) is 0 Å². The lowest BCUT2D eigenvalue weighted by atomic mass is 9.98. The minimum Gasteiger partial charge on any atom is -0.454 e. The number of rotatable bonds is 12. The fourth-order valence-electron chi connectivity index (χ4n) is 6.24. The molecule has 0 bridgehead atoms. The maximum absolute atomic E-state index is 12.2. The summed E-state index contributed by atoms with van der Waals surface area (Å²) in [6.07, 6.45) is -4.88. The van der Waals surface area contributed by atoms with Gasteiger partial charge in [0.1, 0.15) is 18.3 Å². The molecular formula is C38H44O7Si. The van der Waals surface area contributed by atoms with Crippen molar-refractivity contribution in [2.24, 2.45) is 0 Å². The fraction of sp³-hybridized carbons (Fsp3) is 0.342. The number of hydrogen-bond donors (Lipinski definition) is 1. The number of hydrogen-bond acceptors (Lipinski definition) is 7. The molecule has 0 unspecified atom stereocenters. The molecular weight excluding hydrogens is 596 g/mol. The summed E-state index contributed by atoms with van der Waals surface area (Å²) in [6, 6.07) is 40.3. The van der Waals surface area contributed by atoms with E-state index < -0.39 is 45.0 Å². The Hall–Kier alpha value is -3.63. The number of carbonyl (C=O) groups is 1. The summed E-state index contributed by atoms with van der Waals surface area (Å²) in [5, 5.41) is 13.3. The van der Waals surface area contributed by atoms with Gasteiger partial charge in [-0.05, 0) is 26.5 Å². The first-order valence-electron chi connectivity index (χ1n) is 15.8. The van der Waals surface area contributed by atoms with Crippen molar-refractivity contribution in [3.05, 3.63) is 132 Å². The molecule has 0 spiro atoms. The number of esters is 1. The topological polar surface area (TPSA) is 83.5 Å². The van der Waals surface area contributed by atoms with E-state index in [2.05, 4.69) is 45.0 Å². The van der Waals surface area contributed by atoms with Crippen molar-refractivity contribution in [1.82, 2.24) is 0 Å². The van der Waals surface area contributed by atoms with Crippen LogP contribution in [0.15, 0.2) is 121 Å². The van der Waals surface area contributed by atoms with E-state index in [4.69, 9.17) is 23.4 Å². The van der Waals surface area contributed by atoms with Gasteiger partial charge < -0.3 is 28.5 Å². The van der Waals surface area contributed by atoms with Gasteiger partial charge in [-0.25, -0.2) is 0 Å². The summed E-state index contributed by atoms with van der Waals surface area (Å²) in [5.74, 6) is -0.551. The average molecular weight is 641 g/mol. The lowest BCUT2D eigenvalue weighted by Gasteiger charge is -2.47. The molecule has 7 nitrogen and oxygen atoms in total. The SMILES string of the molecule is CC(=O)O[C@H]1[C@@H](OCc2ccccc2)[C@H](OCc2ccccc2)[C@@H](CO[Si](c2ccccc2)(c2ccccc2)C(C)(C)C)O[C@H]1O. The van der Waals surface area contributed by atoms with Crippen molar-refractivity contribution >= 4 is 24.7 Å². The zero-order chi connectivity index (χ0) is 32.6. The van der Waals surface area contributed by atoms with E-state index in [1.54, 1.807) is 0 Å². The van der Waals surface area contributed by atoms with Gasteiger partial charge in [-0.15, -0.1) is 0 Å². The molecule has 0 saturated carbocycles. The maximum Gasteiger partial charge on any atom is 0.303 e. The van der Waals surface area contributed by atoms with Crippen LogP contribution in [0.2, 0.25) is 5.04 Å². The van der Waals surface area contributed by atoms with Crippen LogP contribution in [0.4, 0.5) is 0 Å². The fourth-order valence-corrected chi connectivity index (χ4v) is 10.8. The zero-order valence-corrected chi connectivity index (χ0v) is 28.0. The predicted molar refractivity (Wildman–Crippen MR) is 180 cm³/mol. The van der Waals surface area contributed by atoms with Gasteiger partial charge in [0.05, 0.1) is 19.8 Å². The van der Waals surface area contributed by atoms with Crippen LogP contribution in [0.5, 0.6) is 0 Å². The molecule has 5 atom stereocenters. The number of aliphatic hydroxyl groups is 1. The van der Waals surface area contributed by atoms with Gasteiger partial charge in [0.25, 0.3) is 8.32 Å². The molecule has 0 aromatic heterocycles. The van der Waals surface area contributed by atoms with Crippen molar-refractivity contribution in [2.75, 3.05) is 6.61 Å². The Morgan fingerprint density at radius 1 is 0.696 bits per heavy atom. The number of aliphatic hydroxyl groups excluding tert-OH is 1. The molecule has 8 heteroatoms. The normalized spacial score (nSPS) is 21.9. The second kappa shape index (κ2) is 15.3. The van der Waals surface area contributed by atoms with Gasteiger partial charge in [0.15, 0.2) is 12.4 Å². The molecule has 4 aromatic carbocycles. The number of ether oxygens (including phenoxy) is 4. The first-order valence-corrected chi connectivity index (χ1v) is 17.7. The largest absolute Gasteiger partial charge is 0.454 e. The molecule has 5 rings (SSSR count). The highest BCUT2D eigenvalue weighted by Gasteiger charge is 2.53. The van der Waals surface area contributed by atoms with Crippen molar-refractivity contribution in [3.63, 3.8) is 0 Å². The standard InChI is InChI=1S/C38H44O7Si/c1-28(39)44-36-35(42-26-30-19-11-6-12-20-30)34(41-25-29-17-9-5-10-18-29)33(45-37(36)40)27-43-46(38(2,3)4,31-21-13-7-14-22-31)32-23-15-8-16-24-32/h5-24,33-37,40H,25-27H2,1-4H3/t33-,34-,35+,36+,37-/m1/s1. The second-order valence-electron chi connectivity index (χ2n) is 12.6. The van der Waals surface area contributed by atoms with E-state index in [0.717, 1.165) is 21.5 Å². The maximum atomic E-state index is 12.2. The smallest absolute Gasteiger partial charge is 0.303 e. The molecule has 1 aliphatic heterocycles. The third-order valence-electron chi connectivity index (χ3n) is 8.36. The van der Waals surface area contributed by atoms with Crippen LogP contribution in [-0.4, -0.2) is 56.7 Å². The Kier molecular flexibility index (Phi) is 11.2. The van der Waals surface area contributed by atoms with Crippen LogP contribution in [0.25, 0.3) is 0 Å². The molecule has 1 N–H and O–H groups in total. The van der Waals surface area contributed by atoms with E-state index in [9.17, 15) is 9.90 Å². The quantitative estimate of drug-likeness (QED) is 0.164. The van der Waals surface area contributed by atoms with E-state index in [1.807, 2.05) is 97.1 Å². The summed E-state index contributed by atoms with van der Waals surface area (Å²) in [4.78, 5) is 12.2. The number of benzene rings is 4. The Balaban J connectivity index is 1.52. The molecule has 0 aliphatic carbocycles. The van der Waals surface area contributed by atoms with Crippen LogP contribution in [0, 0.1) is 0 Å². The molecule has 1 saturated heterocycles. The molecule has 0 amide bonds. The van der Waals surface area contributed by atoms with Crippen LogP contribution in [0.3, 0.4) is 0 Å². The van der Waals surface area contributed by atoms with Crippen LogP contribution in [0.1, 0.15) is 38.8 Å². The van der Waals surface area contributed by atoms with E-state index in [0.29, 0.717) is 0 Å². The lowest BCUT2D eigenvalue weighted by molar-refractivity contribution is -0.307. The summed E-state index contributed by atoms with van der Waals surface area (Å²) < 4.78 is 32.1. The first kappa shape index (κ1) is 33.7. The Labute approximate surface area is 273 Å². The van der Waals surface area contributed by atoms with Crippen molar-refractivity contribution in [2.45, 2.75) is 76.7 Å². The molecule has 0 radical (unpaired) electrons. The Morgan fingerprint density at radius 3 is 1.57 bits per heavy atom. The van der Waals surface area contributed by atoms with Crippen LogP contribution < -0.4 is 10.4 Å². The van der Waals surface area contributed by atoms with Gasteiger partial charge in [-0.3, -0.25) is 4.79 Å². The van der Waals surface area contributed by atoms with E-state index in [1.165, 1.54) is 6.92 Å². The van der Waals surface area contributed by atoms with E-state index >= 15 is 0 Å². The monoisotopic (exact) mass is 640 g/mol. The van der Waals surface area contributed by atoms with Gasteiger partial charge in [0, 0.05) is 6.92 Å². The molecule has 1 fully saturated rings. The average Bonchev–Trinajstić information content (AvgIpc) is 3.06. The third kappa shape index (κ3) is 7.83. The summed E-state index contributed by atoms with van der Waals surface area (Å²) >= 11 is 0. The van der Waals surface area contributed by atoms with E-state index in [-0.39, 0.29) is 24.9 Å². The summed E-state index contributed by atoms with van der Waals surface area (Å²) in [5.41, 5.74) is 1.90. The minimum atomic E-state index is -2.95. The van der Waals surface area contributed by atoms with Crippen molar-refractivity contribution in [1.29, 1.82) is 0 Å². The van der Waals surface area contributed by atoms with Crippen molar-refractivity contribution in [3.8, 4) is 0 Å². The number of carbonyl (C=O) groups excluding carboxylic acids is 1. The molecule has 4 aromatic rings. The van der Waals surface area contributed by atoms with Gasteiger partial charge in [-0.1, -0.05) is 142 Å². The van der Waals surface area contributed by atoms with Crippen molar-refractivity contribution < 1.29 is 33.3 Å². The van der Waals surface area contributed by atoms with Gasteiger partial charge in [0.2, 0.25) is 0 Å². The summed E-state index contributed by atoms with van der Waals surface area (Å²) in [6.45, 7) is 8.54. The molecule has 1 aliphatic rings. The first-order chi connectivity index (χ1) is 22.2. The second-order valence-corrected chi connectivity index (χ2v) is 16.9. The molecule has 46 heavy (non-hydrogen) atoms. The Morgan fingerprint density at radius 2 is 1.13 bits per heavy atom.